The van der Waals surface area contributed by atoms with Gasteiger partial charge >= 0.3 is 0 Å². The largest absolute Gasteiger partial charge is 0.294 e. The zero-order valence-corrected chi connectivity index (χ0v) is 7.60. The van der Waals surface area contributed by atoms with Gasteiger partial charge in [-0.25, -0.2) is 8.42 Å². The van der Waals surface area contributed by atoms with Crippen molar-refractivity contribution in [2.24, 2.45) is 0 Å². The fraction of sp³-hybridized carbons (Fsp3) is 0.222. The summed E-state index contributed by atoms with van der Waals surface area (Å²) < 4.78 is 22.9. The molecule has 67 valence electrons. The van der Waals surface area contributed by atoms with Crippen LogP contribution in [0.5, 0.6) is 0 Å². The van der Waals surface area contributed by atoms with Gasteiger partial charge in [-0.2, -0.15) is 0 Å². The lowest BCUT2D eigenvalue weighted by molar-refractivity contribution is 0.0983. The molecule has 4 heteroatoms. The minimum Gasteiger partial charge on any atom is -0.294 e. The third-order valence-corrected chi connectivity index (χ3v) is 3.83. The lowest BCUT2D eigenvalue weighted by atomic mass is 10.1. The van der Waals surface area contributed by atoms with Crippen LogP contribution in [0.3, 0.4) is 0 Å². The van der Waals surface area contributed by atoms with Crippen molar-refractivity contribution < 1.29 is 13.2 Å². The topological polar surface area (TPSA) is 51.2 Å². The highest BCUT2D eigenvalue weighted by Crippen LogP contribution is 2.23. The van der Waals surface area contributed by atoms with Crippen molar-refractivity contribution in [1.82, 2.24) is 0 Å². The highest BCUT2D eigenvalue weighted by molar-refractivity contribution is 7.91. The Morgan fingerprint density at radius 3 is 2.85 bits per heavy atom. The van der Waals surface area contributed by atoms with E-state index in [-0.39, 0.29) is 28.4 Å². The first-order chi connectivity index (χ1) is 6.11. The molecule has 0 fully saturated rings. The van der Waals surface area contributed by atoms with E-state index in [1.807, 2.05) is 0 Å². The number of fused-ring (bicyclic) bond motifs is 1. The number of carbonyl (C=O) groups excluding carboxylic acids is 1. The van der Waals surface area contributed by atoms with Crippen LogP contribution in [0.15, 0.2) is 23.1 Å². The lowest BCUT2D eigenvalue weighted by Crippen LogP contribution is -2.20. The van der Waals surface area contributed by atoms with Gasteiger partial charge in [0.2, 0.25) is 0 Å². The average molecular weight is 195 g/mol. The van der Waals surface area contributed by atoms with Gasteiger partial charge in [-0.05, 0) is 18.2 Å². The zero-order valence-electron chi connectivity index (χ0n) is 6.78. The molecule has 0 saturated heterocycles. The van der Waals surface area contributed by atoms with Crippen LogP contribution in [0.1, 0.15) is 16.8 Å². The summed E-state index contributed by atoms with van der Waals surface area (Å²) in [5, 5.41) is 0. The first-order valence-electron chi connectivity index (χ1n) is 3.87. The van der Waals surface area contributed by atoms with Crippen LogP contribution >= 0.6 is 0 Å². The maximum atomic E-state index is 11.5. The molecule has 1 radical (unpaired) electrons. The molecule has 1 heterocycles. The molecule has 1 aromatic rings. The molecule has 3 nitrogen and oxygen atoms in total. The summed E-state index contributed by atoms with van der Waals surface area (Å²) in [5.74, 6) is -0.176. The molecule has 2 rings (SSSR count). The molecule has 1 aliphatic heterocycles. The second kappa shape index (κ2) is 2.67. The van der Waals surface area contributed by atoms with Crippen LogP contribution < -0.4 is 0 Å². The van der Waals surface area contributed by atoms with Gasteiger partial charge in [0, 0.05) is 12.0 Å². The Morgan fingerprint density at radius 1 is 1.38 bits per heavy atom. The third kappa shape index (κ3) is 1.27. The Kier molecular flexibility index (Phi) is 1.73. The summed E-state index contributed by atoms with van der Waals surface area (Å²) in [6.07, 6.45) is 0.0905. The number of carbonyl (C=O) groups is 1. The zero-order chi connectivity index (χ0) is 9.47. The third-order valence-electron chi connectivity index (χ3n) is 2.06. The maximum absolute atomic E-state index is 11.5. The van der Waals surface area contributed by atoms with Crippen LogP contribution in [0.4, 0.5) is 0 Å². The van der Waals surface area contributed by atoms with E-state index in [2.05, 4.69) is 6.07 Å². The summed E-state index contributed by atoms with van der Waals surface area (Å²) in [7, 11) is -3.22. The van der Waals surface area contributed by atoms with Crippen molar-refractivity contribution in [2.45, 2.75) is 11.3 Å². The van der Waals surface area contributed by atoms with Crippen molar-refractivity contribution in [1.29, 1.82) is 0 Å². The van der Waals surface area contributed by atoms with Crippen LogP contribution in [-0.4, -0.2) is 20.0 Å². The molecule has 0 bridgehead atoms. The standard InChI is InChI=1S/C9H7O3S/c10-8-5-6-13(11,12)9-4-2-1-3-7(8)9/h2-4H,5-6H2. The SMILES string of the molecule is O=C1CCS(=O)(=O)c2cc[c]cc21. The van der Waals surface area contributed by atoms with Crippen LogP contribution in [-0.2, 0) is 9.84 Å². The number of ketones is 1. The quantitative estimate of drug-likeness (QED) is 0.616. The highest BCUT2D eigenvalue weighted by atomic mass is 32.2. The number of Topliss-reactive ketones (excluding diaryl/α,β-unsaturated/α-hetero) is 1. The monoisotopic (exact) mass is 195 g/mol. The van der Waals surface area contributed by atoms with E-state index in [0.29, 0.717) is 0 Å². The Labute approximate surface area is 76.3 Å². The molecule has 0 aromatic heterocycles. The van der Waals surface area contributed by atoms with Crippen molar-refractivity contribution in [3.8, 4) is 0 Å². The van der Waals surface area contributed by atoms with E-state index in [4.69, 9.17) is 0 Å². The van der Waals surface area contributed by atoms with Crippen LogP contribution in [0.25, 0.3) is 0 Å². The Balaban J connectivity index is 2.76. The number of hydrogen-bond acceptors (Lipinski definition) is 3. The number of rotatable bonds is 0. The van der Waals surface area contributed by atoms with E-state index in [9.17, 15) is 13.2 Å². The maximum Gasteiger partial charge on any atom is 0.179 e. The minimum atomic E-state index is -3.22. The summed E-state index contributed by atoms with van der Waals surface area (Å²) in [6.45, 7) is 0. The highest BCUT2D eigenvalue weighted by Gasteiger charge is 2.27. The van der Waals surface area contributed by atoms with Gasteiger partial charge in [0.15, 0.2) is 15.6 Å². The number of hydrogen-bond donors (Lipinski definition) is 0. The Morgan fingerprint density at radius 2 is 2.15 bits per heavy atom. The fourth-order valence-corrected chi connectivity index (χ4v) is 2.83. The van der Waals surface area contributed by atoms with Gasteiger partial charge in [-0.1, -0.05) is 6.07 Å². The minimum absolute atomic E-state index is 0.0666. The molecule has 0 amide bonds. The smallest absolute Gasteiger partial charge is 0.179 e. The summed E-state index contributed by atoms with van der Waals surface area (Å²) >= 11 is 0. The lowest BCUT2D eigenvalue weighted by Gasteiger charge is -2.13. The van der Waals surface area contributed by atoms with Crippen molar-refractivity contribution in [3.63, 3.8) is 0 Å². The van der Waals surface area contributed by atoms with Gasteiger partial charge in [0.1, 0.15) is 0 Å². The van der Waals surface area contributed by atoms with Crippen molar-refractivity contribution in [2.75, 3.05) is 5.75 Å². The van der Waals surface area contributed by atoms with E-state index < -0.39 is 9.84 Å². The fourth-order valence-electron chi connectivity index (χ4n) is 1.38. The van der Waals surface area contributed by atoms with Gasteiger partial charge < -0.3 is 0 Å². The molecule has 0 aliphatic carbocycles. The number of sulfone groups is 1. The molecular formula is C9H7O3S. The molecule has 0 atom stereocenters. The second-order valence-corrected chi connectivity index (χ2v) is 4.99. The molecule has 0 spiro atoms. The first-order valence-corrected chi connectivity index (χ1v) is 5.52. The molecule has 1 aliphatic rings. The van der Waals surface area contributed by atoms with Crippen LogP contribution in [0, 0.1) is 6.07 Å². The Hall–Kier alpha value is -1.16. The molecule has 0 saturated carbocycles. The average Bonchev–Trinajstić information content (AvgIpc) is 2.13. The van der Waals surface area contributed by atoms with E-state index in [1.165, 1.54) is 18.2 Å². The molecule has 13 heavy (non-hydrogen) atoms. The molecule has 0 unspecified atom stereocenters. The molecule has 1 aromatic carbocycles. The summed E-state index contributed by atoms with van der Waals surface area (Å²) in [4.78, 5) is 11.4. The van der Waals surface area contributed by atoms with Crippen LogP contribution in [0.2, 0.25) is 0 Å². The molecule has 0 N–H and O–H groups in total. The number of benzene rings is 1. The van der Waals surface area contributed by atoms with Gasteiger partial charge in [-0.15, -0.1) is 0 Å². The molecular weight excluding hydrogens is 188 g/mol. The predicted octanol–water partition coefficient (Wildman–Crippen LogP) is 0.847. The van der Waals surface area contributed by atoms with E-state index in [0.717, 1.165) is 0 Å². The second-order valence-electron chi connectivity index (χ2n) is 2.91. The predicted molar refractivity (Wildman–Crippen MR) is 46.3 cm³/mol. The van der Waals surface area contributed by atoms with Gasteiger partial charge in [0.05, 0.1) is 10.6 Å². The Bertz CT molecular complexity index is 460. The normalized spacial score (nSPS) is 19.5. The van der Waals surface area contributed by atoms with Crippen molar-refractivity contribution in [3.05, 3.63) is 29.8 Å². The van der Waals surface area contributed by atoms with Crippen molar-refractivity contribution >= 4 is 15.6 Å². The van der Waals surface area contributed by atoms with E-state index >= 15 is 0 Å². The van der Waals surface area contributed by atoms with Gasteiger partial charge in [0.25, 0.3) is 0 Å². The summed E-state index contributed by atoms with van der Waals surface area (Å²) in [6, 6.07) is 7.08. The van der Waals surface area contributed by atoms with E-state index in [1.54, 1.807) is 0 Å². The van der Waals surface area contributed by atoms with Gasteiger partial charge in [-0.3, -0.25) is 4.79 Å². The summed E-state index contributed by atoms with van der Waals surface area (Å²) in [5.41, 5.74) is 0.286. The first kappa shape index (κ1) is 8.44.